The molecule has 2 heterocycles. The number of hydrogen-bond acceptors (Lipinski definition) is 3. The van der Waals surface area contributed by atoms with Crippen molar-refractivity contribution in [2.45, 2.75) is 25.3 Å². The zero-order chi connectivity index (χ0) is 10.1. The highest BCUT2D eigenvalue weighted by atomic mass is 15.3. The second kappa shape index (κ2) is 3.61. The first kappa shape index (κ1) is 9.52. The van der Waals surface area contributed by atoms with Gasteiger partial charge in [-0.1, -0.05) is 6.42 Å². The molecule has 1 fully saturated rings. The molecule has 78 valence electrons. The molecule has 0 radical (unpaired) electrons. The Hall–Kier alpha value is -1.03. The summed E-state index contributed by atoms with van der Waals surface area (Å²) in [5.41, 5.74) is 6.89. The van der Waals surface area contributed by atoms with E-state index in [0.717, 1.165) is 11.5 Å². The van der Waals surface area contributed by atoms with Crippen LogP contribution in [0.3, 0.4) is 0 Å². The van der Waals surface area contributed by atoms with Crippen molar-refractivity contribution < 1.29 is 0 Å². The Morgan fingerprint density at radius 2 is 2.21 bits per heavy atom. The molecule has 4 nitrogen and oxygen atoms in total. The maximum Gasteiger partial charge on any atom is 0.121 e. The van der Waals surface area contributed by atoms with E-state index in [9.17, 15) is 0 Å². The molecule has 1 atom stereocenters. The van der Waals surface area contributed by atoms with E-state index in [0.29, 0.717) is 6.04 Å². The van der Waals surface area contributed by atoms with Crippen LogP contribution >= 0.6 is 0 Å². The zero-order valence-corrected chi connectivity index (χ0v) is 8.90. The summed E-state index contributed by atoms with van der Waals surface area (Å²) in [5, 5.41) is 4.43. The maximum absolute atomic E-state index is 5.77. The molecule has 0 amide bonds. The average Bonchev–Trinajstić information content (AvgIpc) is 2.48. The summed E-state index contributed by atoms with van der Waals surface area (Å²) in [7, 11) is 4.05. The molecule has 2 N–H and O–H groups in total. The van der Waals surface area contributed by atoms with Crippen LogP contribution in [0.1, 0.15) is 31.0 Å². The number of piperidine rings is 1. The summed E-state index contributed by atoms with van der Waals surface area (Å²) in [6.07, 6.45) is 3.80. The molecule has 1 aromatic rings. The number of likely N-dealkylation sites (tertiary alicyclic amines) is 1. The lowest BCUT2D eigenvalue weighted by atomic mass is 10.0. The molecule has 1 aliphatic rings. The molecule has 14 heavy (non-hydrogen) atoms. The predicted molar refractivity (Wildman–Crippen MR) is 56.8 cm³/mol. The summed E-state index contributed by atoms with van der Waals surface area (Å²) in [5.74, 6) is 0.749. The second-order valence-electron chi connectivity index (χ2n) is 4.11. The lowest BCUT2D eigenvalue weighted by Crippen LogP contribution is -2.29. The lowest BCUT2D eigenvalue weighted by molar-refractivity contribution is 0.183. The van der Waals surface area contributed by atoms with Crippen LogP contribution in [0.4, 0.5) is 5.82 Å². The average molecular weight is 194 g/mol. The first-order valence-electron chi connectivity index (χ1n) is 5.18. The number of rotatable bonds is 1. The largest absolute Gasteiger partial charge is 0.384 e. The molecule has 0 saturated carbocycles. The van der Waals surface area contributed by atoms with Gasteiger partial charge < -0.3 is 5.73 Å². The van der Waals surface area contributed by atoms with E-state index in [1.807, 2.05) is 13.1 Å². The molecule has 0 spiro atoms. The number of nitrogen functional groups attached to an aromatic ring is 1. The van der Waals surface area contributed by atoms with Gasteiger partial charge in [0.15, 0.2) is 0 Å². The minimum Gasteiger partial charge on any atom is -0.384 e. The van der Waals surface area contributed by atoms with E-state index < -0.39 is 0 Å². The molecule has 1 aliphatic heterocycles. The predicted octanol–water partition coefficient (Wildman–Crippen LogP) is 1.16. The second-order valence-corrected chi connectivity index (χ2v) is 4.11. The highest BCUT2D eigenvalue weighted by molar-refractivity contribution is 5.31. The van der Waals surface area contributed by atoms with Gasteiger partial charge in [0.05, 0.1) is 11.7 Å². The van der Waals surface area contributed by atoms with Gasteiger partial charge in [0.25, 0.3) is 0 Å². The van der Waals surface area contributed by atoms with E-state index in [4.69, 9.17) is 5.73 Å². The van der Waals surface area contributed by atoms with Gasteiger partial charge in [0.1, 0.15) is 5.82 Å². The molecule has 1 aromatic heterocycles. The van der Waals surface area contributed by atoms with Crippen LogP contribution in [0.2, 0.25) is 0 Å². The van der Waals surface area contributed by atoms with Crippen LogP contribution < -0.4 is 5.73 Å². The number of nitrogens with zero attached hydrogens (tertiary/aromatic N) is 3. The summed E-state index contributed by atoms with van der Waals surface area (Å²) in [4.78, 5) is 2.37. The third-order valence-electron chi connectivity index (χ3n) is 3.05. The van der Waals surface area contributed by atoms with Crippen molar-refractivity contribution in [1.82, 2.24) is 14.7 Å². The Bertz CT molecular complexity index is 298. The molecule has 1 saturated heterocycles. The van der Waals surface area contributed by atoms with E-state index in [2.05, 4.69) is 17.0 Å². The zero-order valence-electron chi connectivity index (χ0n) is 8.90. The van der Waals surface area contributed by atoms with Gasteiger partial charge in [-0.15, -0.1) is 0 Å². The van der Waals surface area contributed by atoms with Crippen molar-refractivity contribution in [3.63, 3.8) is 0 Å². The van der Waals surface area contributed by atoms with Gasteiger partial charge in [0, 0.05) is 13.1 Å². The van der Waals surface area contributed by atoms with Crippen molar-refractivity contribution in [1.29, 1.82) is 0 Å². The monoisotopic (exact) mass is 194 g/mol. The Labute approximate surface area is 84.7 Å². The molecule has 0 aliphatic carbocycles. The fourth-order valence-electron chi connectivity index (χ4n) is 2.12. The number of anilines is 1. The third kappa shape index (κ3) is 1.62. The van der Waals surface area contributed by atoms with Crippen LogP contribution in [0, 0.1) is 0 Å². The SMILES string of the molecule is CN1CCCCC1c1cc(N)n(C)n1. The highest BCUT2D eigenvalue weighted by Crippen LogP contribution is 2.29. The van der Waals surface area contributed by atoms with Gasteiger partial charge in [0.2, 0.25) is 0 Å². The summed E-state index contributed by atoms with van der Waals surface area (Å²) < 4.78 is 1.75. The fraction of sp³-hybridized carbons (Fsp3) is 0.700. The number of hydrogen-bond donors (Lipinski definition) is 1. The molecule has 4 heteroatoms. The van der Waals surface area contributed by atoms with Crippen LogP contribution in [0.15, 0.2) is 6.07 Å². The van der Waals surface area contributed by atoms with Crippen molar-refractivity contribution in [2.24, 2.45) is 7.05 Å². The van der Waals surface area contributed by atoms with Gasteiger partial charge >= 0.3 is 0 Å². The molecule has 0 bridgehead atoms. The summed E-state index contributed by atoms with van der Waals surface area (Å²) in [6.45, 7) is 1.17. The minimum atomic E-state index is 0.465. The molecule has 2 rings (SSSR count). The van der Waals surface area contributed by atoms with Crippen molar-refractivity contribution >= 4 is 5.82 Å². The van der Waals surface area contributed by atoms with Gasteiger partial charge in [-0.3, -0.25) is 9.58 Å². The number of nitrogens with two attached hydrogens (primary N) is 1. The molecular weight excluding hydrogens is 176 g/mol. The standard InChI is InChI=1S/C10H18N4/c1-13-6-4-3-5-9(13)8-7-10(11)14(2)12-8/h7,9H,3-6,11H2,1-2H3. The van der Waals surface area contributed by atoms with Crippen LogP contribution in [0.5, 0.6) is 0 Å². The van der Waals surface area contributed by atoms with E-state index in [1.165, 1.54) is 25.8 Å². The summed E-state index contributed by atoms with van der Waals surface area (Å²) >= 11 is 0. The first-order valence-corrected chi connectivity index (χ1v) is 5.18. The molecule has 0 aromatic carbocycles. The van der Waals surface area contributed by atoms with Crippen LogP contribution in [0.25, 0.3) is 0 Å². The van der Waals surface area contributed by atoms with Crippen molar-refractivity contribution in [2.75, 3.05) is 19.3 Å². The van der Waals surface area contributed by atoms with Crippen molar-refractivity contribution in [3.8, 4) is 0 Å². The normalized spacial score (nSPS) is 24.0. The summed E-state index contributed by atoms with van der Waals surface area (Å²) in [6, 6.07) is 2.46. The Morgan fingerprint density at radius 1 is 1.43 bits per heavy atom. The number of aromatic nitrogens is 2. The van der Waals surface area contributed by atoms with Crippen LogP contribution in [-0.2, 0) is 7.05 Å². The number of aryl methyl sites for hydroxylation is 1. The Morgan fingerprint density at radius 3 is 2.79 bits per heavy atom. The quantitative estimate of drug-likeness (QED) is 0.729. The van der Waals surface area contributed by atoms with Gasteiger partial charge in [-0.05, 0) is 26.4 Å². The Balaban J connectivity index is 2.20. The maximum atomic E-state index is 5.77. The van der Waals surface area contributed by atoms with Gasteiger partial charge in [-0.25, -0.2) is 0 Å². The van der Waals surface area contributed by atoms with Gasteiger partial charge in [-0.2, -0.15) is 5.10 Å². The highest BCUT2D eigenvalue weighted by Gasteiger charge is 2.23. The smallest absolute Gasteiger partial charge is 0.121 e. The minimum absolute atomic E-state index is 0.465. The molecule has 1 unspecified atom stereocenters. The first-order chi connectivity index (χ1) is 6.68. The lowest BCUT2D eigenvalue weighted by Gasteiger charge is -2.30. The van der Waals surface area contributed by atoms with E-state index in [1.54, 1.807) is 4.68 Å². The fourth-order valence-corrected chi connectivity index (χ4v) is 2.12. The van der Waals surface area contributed by atoms with Crippen molar-refractivity contribution in [3.05, 3.63) is 11.8 Å². The Kier molecular flexibility index (Phi) is 2.46. The van der Waals surface area contributed by atoms with E-state index in [-0.39, 0.29) is 0 Å². The van der Waals surface area contributed by atoms with E-state index >= 15 is 0 Å². The topological polar surface area (TPSA) is 47.1 Å². The molecular formula is C10H18N4. The third-order valence-corrected chi connectivity index (χ3v) is 3.05. The van der Waals surface area contributed by atoms with Crippen LogP contribution in [-0.4, -0.2) is 28.3 Å².